The van der Waals surface area contributed by atoms with Crippen molar-refractivity contribution in [2.24, 2.45) is 23.7 Å². The highest BCUT2D eigenvalue weighted by atomic mass is 19.1. The fourth-order valence-corrected chi connectivity index (χ4v) is 6.32. The van der Waals surface area contributed by atoms with Crippen molar-refractivity contribution in [2.75, 3.05) is 0 Å². The zero-order valence-electron chi connectivity index (χ0n) is 16.7. The van der Waals surface area contributed by atoms with E-state index in [0.29, 0.717) is 17.8 Å². The SMILES string of the molecule is CCCC1CCc2cc(C3CCC4CC(/C=C/F)CCC4C3)cc(F)c2C1. The quantitative estimate of drug-likeness (QED) is 0.513. The number of hydrogen-bond acceptors (Lipinski definition) is 0. The molecule has 0 spiro atoms. The van der Waals surface area contributed by atoms with Crippen LogP contribution in [0.2, 0.25) is 0 Å². The summed E-state index contributed by atoms with van der Waals surface area (Å²) in [6.45, 7) is 2.23. The van der Waals surface area contributed by atoms with Crippen molar-refractivity contribution < 1.29 is 8.78 Å². The van der Waals surface area contributed by atoms with Crippen molar-refractivity contribution >= 4 is 0 Å². The topological polar surface area (TPSA) is 0 Å². The minimum absolute atomic E-state index is 0.0576. The molecule has 0 saturated heterocycles. The predicted molar refractivity (Wildman–Crippen MR) is 108 cm³/mol. The third kappa shape index (κ3) is 4.15. The van der Waals surface area contributed by atoms with Crippen LogP contribution in [0.4, 0.5) is 8.78 Å². The number of halogens is 2. The van der Waals surface area contributed by atoms with Crippen molar-refractivity contribution in [1.29, 1.82) is 0 Å². The third-order valence-electron chi connectivity index (χ3n) is 7.79. The molecule has 0 radical (unpaired) electrons. The molecule has 0 aliphatic heterocycles. The van der Waals surface area contributed by atoms with Gasteiger partial charge in [-0.1, -0.05) is 31.9 Å². The summed E-state index contributed by atoms with van der Waals surface area (Å²) in [6.07, 6.45) is 15.2. The second-order valence-electron chi connectivity index (χ2n) is 9.46. The van der Waals surface area contributed by atoms with Gasteiger partial charge in [0.05, 0.1) is 6.33 Å². The fraction of sp³-hybridized carbons (Fsp3) is 0.680. The molecule has 0 heterocycles. The molecule has 5 atom stereocenters. The lowest BCUT2D eigenvalue weighted by atomic mass is 9.63. The minimum Gasteiger partial charge on any atom is -0.216 e. The Labute approximate surface area is 163 Å². The van der Waals surface area contributed by atoms with E-state index < -0.39 is 0 Å². The first kappa shape index (κ1) is 19.2. The Morgan fingerprint density at radius 3 is 2.67 bits per heavy atom. The van der Waals surface area contributed by atoms with E-state index in [1.165, 1.54) is 56.1 Å². The van der Waals surface area contributed by atoms with Crippen LogP contribution in [0.3, 0.4) is 0 Å². The molecule has 0 N–H and O–H groups in total. The second-order valence-corrected chi connectivity index (χ2v) is 9.46. The minimum atomic E-state index is 0.0576. The number of allylic oxidation sites excluding steroid dienone is 1. The van der Waals surface area contributed by atoms with Gasteiger partial charge >= 0.3 is 0 Å². The van der Waals surface area contributed by atoms with Gasteiger partial charge in [-0.3, -0.25) is 0 Å². The van der Waals surface area contributed by atoms with E-state index in [2.05, 4.69) is 13.0 Å². The summed E-state index contributed by atoms with van der Waals surface area (Å²) in [4.78, 5) is 0. The molecule has 1 aromatic carbocycles. The monoisotopic (exact) mass is 372 g/mol. The molecule has 2 heteroatoms. The predicted octanol–water partition coefficient (Wildman–Crippen LogP) is 7.51. The highest BCUT2D eigenvalue weighted by molar-refractivity contribution is 5.37. The highest BCUT2D eigenvalue weighted by Crippen LogP contribution is 2.48. The van der Waals surface area contributed by atoms with Crippen LogP contribution in [0.25, 0.3) is 0 Å². The van der Waals surface area contributed by atoms with Gasteiger partial charge in [0.15, 0.2) is 0 Å². The van der Waals surface area contributed by atoms with Gasteiger partial charge in [-0.25, -0.2) is 8.78 Å². The Hall–Kier alpha value is -1.18. The maximum atomic E-state index is 14.9. The van der Waals surface area contributed by atoms with Crippen LogP contribution < -0.4 is 0 Å². The Balaban J connectivity index is 1.45. The lowest BCUT2D eigenvalue weighted by Crippen LogP contribution is -2.30. The van der Waals surface area contributed by atoms with Gasteiger partial charge in [0, 0.05) is 0 Å². The van der Waals surface area contributed by atoms with E-state index in [0.717, 1.165) is 49.4 Å². The van der Waals surface area contributed by atoms with Crippen LogP contribution in [0.5, 0.6) is 0 Å². The Bertz CT molecular complexity index is 677. The molecule has 148 valence electrons. The molecule has 0 nitrogen and oxygen atoms in total. The van der Waals surface area contributed by atoms with Gasteiger partial charge in [-0.05, 0) is 110 Å². The average Bonchev–Trinajstić information content (AvgIpc) is 2.68. The van der Waals surface area contributed by atoms with Crippen LogP contribution in [-0.2, 0) is 12.8 Å². The Kier molecular flexibility index (Phi) is 5.99. The van der Waals surface area contributed by atoms with Gasteiger partial charge in [-0.15, -0.1) is 0 Å². The molecule has 0 aromatic heterocycles. The van der Waals surface area contributed by atoms with E-state index in [1.807, 2.05) is 6.07 Å². The Morgan fingerprint density at radius 2 is 1.85 bits per heavy atom. The third-order valence-corrected chi connectivity index (χ3v) is 7.79. The summed E-state index contributed by atoms with van der Waals surface area (Å²) >= 11 is 0. The van der Waals surface area contributed by atoms with Crippen molar-refractivity contribution in [1.82, 2.24) is 0 Å². The second kappa shape index (κ2) is 8.45. The maximum absolute atomic E-state index is 14.9. The van der Waals surface area contributed by atoms with E-state index in [-0.39, 0.29) is 5.82 Å². The van der Waals surface area contributed by atoms with Gasteiger partial charge in [0.25, 0.3) is 0 Å². The van der Waals surface area contributed by atoms with Crippen molar-refractivity contribution in [2.45, 2.75) is 83.5 Å². The van der Waals surface area contributed by atoms with E-state index in [4.69, 9.17) is 0 Å². The van der Waals surface area contributed by atoms with Crippen LogP contribution in [0.1, 0.15) is 87.3 Å². The van der Waals surface area contributed by atoms with Crippen LogP contribution in [-0.4, -0.2) is 0 Å². The molecule has 5 unspecified atom stereocenters. The van der Waals surface area contributed by atoms with Crippen molar-refractivity contribution in [3.05, 3.63) is 47.0 Å². The van der Waals surface area contributed by atoms with E-state index >= 15 is 0 Å². The Morgan fingerprint density at radius 1 is 1.04 bits per heavy atom. The summed E-state index contributed by atoms with van der Waals surface area (Å²) < 4.78 is 27.4. The van der Waals surface area contributed by atoms with Crippen LogP contribution in [0.15, 0.2) is 24.5 Å². The van der Waals surface area contributed by atoms with Crippen LogP contribution >= 0.6 is 0 Å². The molecular weight excluding hydrogens is 338 g/mol. The number of hydrogen-bond donors (Lipinski definition) is 0. The standard InChI is InChI=1S/C25H34F2/c1-2-3-17-5-7-22-15-23(16-25(27)24(22)13-17)21-9-8-19-12-18(10-11-26)4-6-20(19)14-21/h10-11,15-21H,2-9,12-14H2,1H3/b11-10+. The van der Waals surface area contributed by atoms with Gasteiger partial charge in [0.1, 0.15) is 5.82 Å². The highest BCUT2D eigenvalue weighted by Gasteiger charge is 2.36. The zero-order chi connectivity index (χ0) is 18.8. The number of benzene rings is 1. The van der Waals surface area contributed by atoms with Gasteiger partial charge < -0.3 is 0 Å². The number of rotatable bonds is 4. The molecule has 3 aliphatic carbocycles. The number of aryl methyl sites for hydroxylation is 1. The number of fused-ring (bicyclic) bond motifs is 2. The zero-order valence-corrected chi connectivity index (χ0v) is 16.7. The summed E-state index contributed by atoms with van der Waals surface area (Å²) in [5.74, 6) is 3.18. The molecule has 0 amide bonds. The van der Waals surface area contributed by atoms with Crippen molar-refractivity contribution in [3.8, 4) is 0 Å². The van der Waals surface area contributed by atoms with Gasteiger partial charge in [-0.2, -0.15) is 0 Å². The van der Waals surface area contributed by atoms with E-state index in [9.17, 15) is 8.78 Å². The first-order valence-electron chi connectivity index (χ1n) is 11.3. The molecule has 1 aromatic rings. The van der Waals surface area contributed by atoms with Crippen molar-refractivity contribution in [3.63, 3.8) is 0 Å². The van der Waals surface area contributed by atoms with E-state index in [1.54, 1.807) is 6.08 Å². The average molecular weight is 373 g/mol. The fourth-order valence-electron chi connectivity index (χ4n) is 6.32. The molecule has 2 saturated carbocycles. The van der Waals surface area contributed by atoms with Gasteiger partial charge in [0.2, 0.25) is 0 Å². The normalized spacial score (nSPS) is 33.7. The summed E-state index contributed by atoms with van der Waals surface area (Å²) in [7, 11) is 0. The molecule has 2 fully saturated rings. The molecule has 27 heavy (non-hydrogen) atoms. The lowest BCUT2D eigenvalue weighted by molar-refractivity contribution is 0.133. The first-order chi connectivity index (χ1) is 13.2. The van der Waals surface area contributed by atoms with Crippen LogP contribution in [0, 0.1) is 29.5 Å². The largest absolute Gasteiger partial charge is 0.216 e. The first-order valence-corrected chi connectivity index (χ1v) is 11.3. The molecule has 3 aliphatic rings. The summed E-state index contributed by atoms with van der Waals surface area (Å²) in [5.41, 5.74) is 3.55. The smallest absolute Gasteiger partial charge is 0.126 e. The maximum Gasteiger partial charge on any atom is 0.126 e. The summed E-state index contributed by atoms with van der Waals surface area (Å²) in [6, 6.07) is 4.22. The lowest BCUT2D eigenvalue weighted by Gasteiger charge is -2.42. The molecule has 4 rings (SSSR count). The molecular formula is C25H34F2. The molecule has 0 bridgehead atoms. The summed E-state index contributed by atoms with van der Waals surface area (Å²) in [5, 5.41) is 0.